The third-order valence-electron chi connectivity index (χ3n) is 4.57. The van der Waals surface area contributed by atoms with Crippen LogP contribution < -0.4 is 10.6 Å². The van der Waals surface area contributed by atoms with E-state index in [9.17, 15) is 9.59 Å². The van der Waals surface area contributed by atoms with Gasteiger partial charge in [-0.15, -0.1) is 0 Å². The van der Waals surface area contributed by atoms with Gasteiger partial charge < -0.3 is 15.5 Å². The minimum atomic E-state index is -0.223. The molecule has 0 radical (unpaired) electrons. The normalized spacial score (nSPS) is 15.8. The van der Waals surface area contributed by atoms with Crippen LogP contribution in [0, 0.1) is 5.92 Å². The molecular weight excluding hydrogens is 314 g/mol. The molecule has 1 aromatic rings. The first-order valence-electron chi connectivity index (χ1n) is 9.42. The van der Waals surface area contributed by atoms with Gasteiger partial charge in [0.25, 0.3) is 5.91 Å². The molecule has 0 saturated carbocycles. The van der Waals surface area contributed by atoms with E-state index in [1.54, 1.807) is 6.07 Å². The van der Waals surface area contributed by atoms with E-state index in [4.69, 9.17) is 0 Å². The van der Waals surface area contributed by atoms with Crippen LogP contribution in [-0.4, -0.2) is 36.0 Å². The maximum absolute atomic E-state index is 12.6. The van der Waals surface area contributed by atoms with Crippen LogP contribution in [0.4, 0.5) is 10.5 Å². The summed E-state index contributed by atoms with van der Waals surface area (Å²) in [7, 11) is 0. The standard InChI is InChI=1S/C20H31N3O2/c1-15(2)10-11-16(3)21-20(25)22-18-9-7-8-17(14-18)19(24)23-12-5-4-6-13-23/h7-9,14-16H,4-6,10-13H2,1-3H3,(H2,21,22,25). The fraction of sp³-hybridized carbons (Fsp3) is 0.600. The predicted molar refractivity (Wildman–Crippen MR) is 102 cm³/mol. The lowest BCUT2D eigenvalue weighted by Crippen LogP contribution is -2.36. The van der Waals surface area contributed by atoms with Crippen LogP contribution in [0.1, 0.15) is 63.2 Å². The van der Waals surface area contributed by atoms with E-state index >= 15 is 0 Å². The van der Waals surface area contributed by atoms with Gasteiger partial charge in [0.2, 0.25) is 0 Å². The Morgan fingerprint density at radius 2 is 1.80 bits per heavy atom. The van der Waals surface area contributed by atoms with Gasteiger partial charge in [-0.1, -0.05) is 19.9 Å². The van der Waals surface area contributed by atoms with Gasteiger partial charge in [0.1, 0.15) is 0 Å². The summed E-state index contributed by atoms with van der Waals surface area (Å²) in [6.07, 6.45) is 5.38. The van der Waals surface area contributed by atoms with Gasteiger partial charge in [-0.3, -0.25) is 4.79 Å². The Labute approximate surface area is 151 Å². The molecule has 25 heavy (non-hydrogen) atoms. The molecule has 0 spiro atoms. The number of anilines is 1. The molecule has 1 aromatic carbocycles. The Balaban J connectivity index is 1.89. The topological polar surface area (TPSA) is 61.4 Å². The van der Waals surface area contributed by atoms with Crippen molar-refractivity contribution >= 4 is 17.6 Å². The summed E-state index contributed by atoms with van der Waals surface area (Å²) in [5, 5.41) is 5.79. The summed E-state index contributed by atoms with van der Waals surface area (Å²) in [6, 6.07) is 7.10. The third kappa shape index (κ3) is 6.40. The number of urea groups is 1. The summed E-state index contributed by atoms with van der Waals surface area (Å²) in [5.41, 5.74) is 1.28. The summed E-state index contributed by atoms with van der Waals surface area (Å²) < 4.78 is 0. The summed E-state index contributed by atoms with van der Waals surface area (Å²) >= 11 is 0. The molecule has 5 heteroatoms. The first kappa shape index (κ1) is 19.3. The van der Waals surface area contributed by atoms with Crippen molar-refractivity contribution in [2.45, 2.75) is 58.9 Å². The van der Waals surface area contributed by atoms with Crippen molar-refractivity contribution in [3.63, 3.8) is 0 Å². The molecule has 5 nitrogen and oxygen atoms in total. The number of amides is 3. The molecule has 1 saturated heterocycles. The van der Waals surface area contributed by atoms with Crippen molar-refractivity contribution in [3.05, 3.63) is 29.8 Å². The lowest BCUT2D eigenvalue weighted by molar-refractivity contribution is 0.0724. The van der Waals surface area contributed by atoms with Crippen molar-refractivity contribution < 1.29 is 9.59 Å². The lowest BCUT2D eigenvalue weighted by atomic mass is 10.0. The third-order valence-corrected chi connectivity index (χ3v) is 4.57. The number of hydrogen-bond donors (Lipinski definition) is 2. The van der Waals surface area contributed by atoms with E-state index in [-0.39, 0.29) is 18.0 Å². The van der Waals surface area contributed by atoms with Gasteiger partial charge in [-0.2, -0.15) is 0 Å². The number of hydrogen-bond acceptors (Lipinski definition) is 2. The molecule has 0 bridgehead atoms. The SMILES string of the molecule is CC(C)CCC(C)NC(=O)Nc1cccc(C(=O)N2CCCCC2)c1. The van der Waals surface area contributed by atoms with E-state index in [1.807, 2.05) is 30.0 Å². The van der Waals surface area contributed by atoms with Gasteiger partial charge in [0.15, 0.2) is 0 Å². The van der Waals surface area contributed by atoms with Crippen LogP contribution in [0.3, 0.4) is 0 Å². The van der Waals surface area contributed by atoms with E-state index in [1.165, 1.54) is 6.42 Å². The molecular formula is C20H31N3O2. The molecule has 138 valence electrons. The first-order chi connectivity index (χ1) is 12.0. The molecule has 1 unspecified atom stereocenters. The van der Waals surface area contributed by atoms with Crippen LogP contribution in [0.2, 0.25) is 0 Å². The Bertz CT molecular complexity index is 580. The summed E-state index contributed by atoms with van der Waals surface area (Å²) in [6.45, 7) is 8.02. The lowest BCUT2D eigenvalue weighted by Gasteiger charge is -2.26. The predicted octanol–water partition coefficient (Wildman–Crippen LogP) is 4.26. The van der Waals surface area contributed by atoms with Crippen molar-refractivity contribution in [2.75, 3.05) is 18.4 Å². The number of rotatable bonds is 6. The van der Waals surface area contributed by atoms with E-state index < -0.39 is 0 Å². The van der Waals surface area contributed by atoms with Crippen LogP contribution in [0.25, 0.3) is 0 Å². The van der Waals surface area contributed by atoms with Gasteiger partial charge in [0.05, 0.1) is 0 Å². The van der Waals surface area contributed by atoms with Crippen LogP contribution in [0.15, 0.2) is 24.3 Å². The number of nitrogens with zero attached hydrogens (tertiary/aromatic N) is 1. The Morgan fingerprint density at radius 3 is 2.48 bits per heavy atom. The average Bonchev–Trinajstić information content (AvgIpc) is 2.60. The minimum Gasteiger partial charge on any atom is -0.339 e. The van der Waals surface area contributed by atoms with Crippen molar-refractivity contribution in [1.29, 1.82) is 0 Å². The fourth-order valence-electron chi connectivity index (χ4n) is 3.06. The monoisotopic (exact) mass is 345 g/mol. The maximum Gasteiger partial charge on any atom is 0.319 e. The van der Waals surface area contributed by atoms with Gasteiger partial charge in [0, 0.05) is 30.4 Å². The van der Waals surface area contributed by atoms with Crippen LogP contribution >= 0.6 is 0 Å². The molecule has 1 aliphatic rings. The Morgan fingerprint density at radius 1 is 1.08 bits per heavy atom. The summed E-state index contributed by atoms with van der Waals surface area (Å²) in [4.78, 5) is 26.6. The second-order valence-corrected chi connectivity index (χ2v) is 7.40. The highest BCUT2D eigenvalue weighted by atomic mass is 16.2. The quantitative estimate of drug-likeness (QED) is 0.809. The maximum atomic E-state index is 12.6. The minimum absolute atomic E-state index is 0.0501. The molecule has 1 heterocycles. The zero-order chi connectivity index (χ0) is 18.2. The highest BCUT2D eigenvalue weighted by Crippen LogP contribution is 2.16. The average molecular weight is 345 g/mol. The molecule has 1 atom stereocenters. The molecule has 2 rings (SSSR count). The largest absolute Gasteiger partial charge is 0.339 e. The van der Waals surface area contributed by atoms with E-state index in [2.05, 4.69) is 24.5 Å². The smallest absolute Gasteiger partial charge is 0.319 e. The highest BCUT2D eigenvalue weighted by Gasteiger charge is 2.18. The fourth-order valence-corrected chi connectivity index (χ4v) is 3.06. The number of piperidine rings is 1. The van der Waals surface area contributed by atoms with Gasteiger partial charge in [-0.05, 0) is 63.1 Å². The van der Waals surface area contributed by atoms with E-state index in [0.717, 1.165) is 38.8 Å². The molecule has 2 N–H and O–H groups in total. The van der Waals surface area contributed by atoms with Crippen LogP contribution in [-0.2, 0) is 0 Å². The number of likely N-dealkylation sites (tertiary alicyclic amines) is 1. The second-order valence-electron chi connectivity index (χ2n) is 7.40. The van der Waals surface area contributed by atoms with Gasteiger partial charge in [-0.25, -0.2) is 4.79 Å². The molecule has 3 amide bonds. The van der Waals surface area contributed by atoms with E-state index in [0.29, 0.717) is 17.2 Å². The van der Waals surface area contributed by atoms with Crippen molar-refractivity contribution in [2.24, 2.45) is 5.92 Å². The second kappa shape index (κ2) is 9.44. The Hall–Kier alpha value is -2.04. The molecule has 0 aromatic heterocycles. The summed E-state index contributed by atoms with van der Waals surface area (Å²) in [5.74, 6) is 0.679. The highest BCUT2D eigenvalue weighted by molar-refractivity contribution is 5.97. The zero-order valence-electron chi connectivity index (χ0n) is 15.7. The molecule has 1 fully saturated rings. The van der Waals surface area contributed by atoms with Crippen LogP contribution in [0.5, 0.6) is 0 Å². The number of carbonyl (C=O) groups is 2. The molecule has 1 aliphatic heterocycles. The molecule has 0 aliphatic carbocycles. The number of nitrogens with one attached hydrogen (secondary N) is 2. The zero-order valence-corrected chi connectivity index (χ0v) is 15.7. The first-order valence-corrected chi connectivity index (χ1v) is 9.42. The number of benzene rings is 1. The van der Waals surface area contributed by atoms with Crippen molar-refractivity contribution in [1.82, 2.24) is 10.2 Å². The van der Waals surface area contributed by atoms with Gasteiger partial charge >= 0.3 is 6.03 Å². The number of carbonyl (C=O) groups excluding carboxylic acids is 2. The Kier molecular flexibility index (Phi) is 7.29. The van der Waals surface area contributed by atoms with Crippen molar-refractivity contribution in [3.8, 4) is 0 Å².